The Bertz CT molecular complexity index is 652. The molecule has 7 heteroatoms. The smallest absolute Gasteiger partial charge is 0.282 e. The second-order valence-electron chi connectivity index (χ2n) is 3.67. The minimum absolute atomic E-state index is 0.0383. The van der Waals surface area contributed by atoms with E-state index in [9.17, 15) is 14.5 Å². The molecule has 0 radical (unpaired) electrons. The highest BCUT2D eigenvalue weighted by molar-refractivity contribution is 14.1. The van der Waals surface area contributed by atoms with Gasteiger partial charge < -0.3 is 5.32 Å². The van der Waals surface area contributed by atoms with Gasteiger partial charge in [-0.3, -0.25) is 10.1 Å². The molecule has 4 nitrogen and oxygen atoms in total. The van der Waals surface area contributed by atoms with Gasteiger partial charge in [0.05, 0.1) is 19.2 Å². The summed E-state index contributed by atoms with van der Waals surface area (Å²) in [6.45, 7) is 0. The first kappa shape index (κ1) is 14.0. The van der Waals surface area contributed by atoms with Crippen molar-refractivity contribution in [2.45, 2.75) is 0 Å². The molecule has 2 rings (SSSR count). The fourth-order valence-corrected chi connectivity index (χ4v) is 2.41. The Morgan fingerprint density at radius 2 is 2.00 bits per heavy atom. The average Bonchev–Trinajstić information content (AvgIpc) is 2.32. The van der Waals surface area contributed by atoms with E-state index in [1.165, 1.54) is 24.3 Å². The van der Waals surface area contributed by atoms with Gasteiger partial charge in [-0.25, -0.2) is 4.39 Å². The number of benzene rings is 2. The van der Waals surface area contributed by atoms with E-state index < -0.39 is 10.7 Å². The fraction of sp³-hybridized carbons (Fsp3) is 0. The van der Waals surface area contributed by atoms with Crippen molar-refractivity contribution in [3.63, 3.8) is 0 Å². The van der Waals surface area contributed by atoms with Crippen LogP contribution < -0.4 is 5.32 Å². The quantitative estimate of drug-likeness (QED) is 0.466. The number of anilines is 2. The van der Waals surface area contributed by atoms with Crippen LogP contribution in [0.3, 0.4) is 0 Å². The Hall–Kier alpha value is -1.41. The van der Waals surface area contributed by atoms with Gasteiger partial charge in [0.25, 0.3) is 5.69 Å². The van der Waals surface area contributed by atoms with E-state index in [0.717, 1.165) is 0 Å². The molecular formula is C12H7ClFIN2O2. The van der Waals surface area contributed by atoms with E-state index in [-0.39, 0.29) is 10.7 Å². The maximum absolute atomic E-state index is 12.9. The molecule has 0 aromatic heterocycles. The van der Waals surface area contributed by atoms with Crippen LogP contribution in [0, 0.1) is 19.5 Å². The van der Waals surface area contributed by atoms with Gasteiger partial charge in [-0.1, -0.05) is 11.6 Å². The van der Waals surface area contributed by atoms with Crippen molar-refractivity contribution in [3.8, 4) is 0 Å². The highest BCUT2D eigenvalue weighted by atomic mass is 127. The fourth-order valence-electron chi connectivity index (χ4n) is 1.48. The number of nitro groups is 1. The molecule has 0 saturated carbocycles. The normalized spacial score (nSPS) is 10.3. The van der Waals surface area contributed by atoms with Crippen molar-refractivity contribution < 1.29 is 9.31 Å². The summed E-state index contributed by atoms with van der Waals surface area (Å²) >= 11 is 7.77. The first-order valence-electron chi connectivity index (χ1n) is 5.13. The predicted molar refractivity (Wildman–Crippen MR) is 80.5 cm³/mol. The summed E-state index contributed by atoms with van der Waals surface area (Å²) in [5.41, 5.74) is 1.22. The monoisotopic (exact) mass is 392 g/mol. The number of halogens is 3. The number of nitrogens with one attached hydrogen (secondary N) is 1. The van der Waals surface area contributed by atoms with Gasteiger partial charge in [0, 0.05) is 11.8 Å². The Morgan fingerprint density at radius 3 is 2.58 bits per heavy atom. The van der Waals surface area contributed by atoms with Crippen molar-refractivity contribution in [1.29, 1.82) is 0 Å². The van der Waals surface area contributed by atoms with Crippen molar-refractivity contribution in [2.75, 3.05) is 5.32 Å². The van der Waals surface area contributed by atoms with Crippen LogP contribution >= 0.6 is 34.2 Å². The largest absolute Gasteiger partial charge is 0.354 e. The van der Waals surface area contributed by atoms with Gasteiger partial charge in [0.1, 0.15) is 5.82 Å². The lowest BCUT2D eigenvalue weighted by Crippen LogP contribution is -1.95. The van der Waals surface area contributed by atoms with Gasteiger partial charge in [-0.05, 0) is 52.9 Å². The molecule has 0 heterocycles. The van der Waals surface area contributed by atoms with Crippen LogP contribution in [0.5, 0.6) is 0 Å². The molecule has 0 amide bonds. The second kappa shape index (κ2) is 5.70. The van der Waals surface area contributed by atoms with Crippen LogP contribution in [0.4, 0.5) is 21.5 Å². The molecule has 0 saturated heterocycles. The minimum Gasteiger partial charge on any atom is -0.354 e. The molecule has 98 valence electrons. The summed E-state index contributed by atoms with van der Waals surface area (Å²) in [7, 11) is 0. The first-order chi connectivity index (χ1) is 8.97. The molecule has 0 aliphatic carbocycles. The number of hydrogen-bond donors (Lipinski definition) is 1. The van der Waals surface area contributed by atoms with Crippen LogP contribution in [-0.4, -0.2) is 4.92 Å². The van der Waals surface area contributed by atoms with Crippen LogP contribution in [0.2, 0.25) is 5.02 Å². The second-order valence-corrected chi connectivity index (χ2v) is 5.24. The molecule has 2 aromatic rings. The molecule has 2 aromatic carbocycles. The topological polar surface area (TPSA) is 55.2 Å². The summed E-state index contributed by atoms with van der Waals surface area (Å²) < 4.78 is 13.4. The van der Waals surface area contributed by atoms with Gasteiger partial charge in [-0.2, -0.15) is 0 Å². The molecule has 0 bridgehead atoms. The molecule has 0 atom stereocenters. The summed E-state index contributed by atoms with van der Waals surface area (Å²) in [5.74, 6) is -0.422. The van der Waals surface area contributed by atoms with Gasteiger partial charge in [0.15, 0.2) is 0 Å². The van der Waals surface area contributed by atoms with Crippen molar-refractivity contribution in [1.82, 2.24) is 0 Å². The van der Waals surface area contributed by atoms with Crippen LogP contribution in [0.25, 0.3) is 0 Å². The summed E-state index contributed by atoms with van der Waals surface area (Å²) in [5, 5.41) is 13.9. The van der Waals surface area contributed by atoms with E-state index in [2.05, 4.69) is 5.32 Å². The van der Waals surface area contributed by atoms with Gasteiger partial charge in [0.2, 0.25) is 0 Å². The molecule has 0 spiro atoms. The zero-order valence-corrected chi connectivity index (χ0v) is 12.3. The Morgan fingerprint density at radius 1 is 1.26 bits per heavy atom. The van der Waals surface area contributed by atoms with Crippen molar-refractivity contribution in [3.05, 3.63) is 60.9 Å². The summed E-state index contributed by atoms with van der Waals surface area (Å²) in [4.78, 5) is 10.3. The predicted octanol–water partition coefficient (Wildman–Crippen LogP) is 4.74. The number of nitro benzene ring substituents is 1. The lowest BCUT2D eigenvalue weighted by atomic mass is 10.2. The van der Waals surface area contributed by atoms with Crippen LogP contribution in [-0.2, 0) is 0 Å². The molecule has 0 unspecified atom stereocenters. The SMILES string of the molecule is O=[N+]([O-])c1ccc(Nc2ccc(F)cc2Cl)cc1I. The molecule has 19 heavy (non-hydrogen) atoms. The third-order valence-electron chi connectivity index (χ3n) is 2.35. The summed E-state index contributed by atoms with van der Waals surface area (Å²) in [6, 6.07) is 8.58. The van der Waals surface area contributed by atoms with Gasteiger partial charge >= 0.3 is 0 Å². The van der Waals surface area contributed by atoms with Crippen LogP contribution in [0.1, 0.15) is 0 Å². The van der Waals surface area contributed by atoms with E-state index in [1.54, 1.807) is 12.1 Å². The zero-order chi connectivity index (χ0) is 14.0. The average molecular weight is 393 g/mol. The van der Waals surface area contributed by atoms with E-state index >= 15 is 0 Å². The standard InChI is InChI=1S/C12H7ClFIN2O2/c13-9-5-7(14)1-3-11(9)16-8-2-4-12(17(18)19)10(15)6-8/h1-6,16H. The highest BCUT2D eigenvalue weighted by Crippen LogP contribution is 2.29. The maximum Gasteiger partial charge on any atom is 0.282 e. The third-order valence-corrected chi connectivity index (χ3v) is 3.53. The third kappa shape index (κ3) is 3.32. The van der Waals surface area contributed by atoms with E-state index in [0.29, 0.717) is 14.9 Å². The molecule has 0 aliphatic rings. The molecule has 0 aliphatic heterocycles. The van der Waals surface area contributed by atoms with E-state index in [1.807, 2.05) is 22.6 Å². The van der Waals surface area contributed by atoms with Gasteiger partial charge in [-0.15, -0.1) is 0 Å². The Labute approximate surface area is 126 Å². The zero-order valence-electron chi connectivity index (χ0n) is 9.36. The van der Waals surface area contributed by atoms with Crippen LogP contribution in [0.15, 0.2) is 36.4 Å². The Balaban J connectivity index is 2.29. The van der Waals surface area contributed by atoms with Crippen molar-refractivity contribution >= 4 is 51.3 Å². The lowest BCUT2D eigenvalue weighted by molar-refractivity contribution is -0.385. The number of nitrogens with zero attached hydrogens (tertiary/aromatic N) is 1. The lowest BCUT2D eigenvalue weighted by Gasteiger charge is -2.08. The molecule has 1 N–H and O–H groups in total. The minimum atomic E-state index is -0.448. The summed E-state index contributed by atoms with van der Waals surface area (Å²) in [6.07, 6.45) is 0. The number of rotatable bonds is 3. The Kier molecular flexibility index (Phi) is 4.20. The molecular weight excluding hydrogens is 385 g/mol. The first-order valence-corrected chi connectivity index (χ1v) is 6.59. The highest BCUT2D eigenvalue weighted by Gasteiger charge is 2.12. The number of hydrogen-bond acceptors (Lipinski definition) is 3. The van der Waals surface area contributed by atoms with E-state index in [4.69, 9.17) is 11.6 Å². The molecule has 0 fully saturated rings. The maximum atomic E-state index is 12.9. The van der Waals surface area contributed by atoms with Crippen molar-refractivity contribution in [2.24, 2.45) is 0 Å².